The van der Waals surface area contributed by atoms with Crippen LogP contribution in [0.1, 0.15) is 17.4 Å². The number of benzene rings is 2. The highest BCUT2D eigenvalue weighted by atomic mass is 35.5. The van der Waals surface area contributed by atoms with E-state index in [4.69, 9.17) is 16.3 Å². The van der Waals surface area contributed by atoms with E-state index in [9.17, 15) is 13.2 Å². The molecular weight excluding hydrogens is 447 g/mol. The monoisotopic (exact) mass is 463 g/mol. The molecular formula is C22H17ClF3N3OS. The minimum absolute atomic E-state index is 0.123. The van der Waals surface area contributed by atoms with Gasteiger partial charge in [0.05, 0.1) is 28.3 Å². The first-order valence-electron chi connectivity index (χ1n) is 9.39. The van der Waals surface area contributed by atoms with Gasteiger partial charge in [0.25, 0.3) is 0 Å². The third-order valence-electron chi connectivity index (χ3n) is 4.67. The number of nitrogens with one attached hydrogen (secondary N) is 1. The van der Waals surface area contributed by atoms with Gasteiger partial charge in [0.2, 0.25) is 0 Å². The maximum atomic E-state index is 13.2. The molecule has 2 heterocycles. The third kappa shape index (κ3) is 4.31. The molecule has 0 aliphatic heterocycles. The number of hydrogen-bond acceptors (Lipinski definition) is 5. The van der Waals surface area contributed by atoms with Crippen LogP contribution in [0, 0.1) is 6.92 Å². The number of ether oxygens (including phenoxy) is 1. The first-order valence-corrected chi connectivity index (χ1v) is 10.6. The number of anilines is 2. The Morgan fingerprint density at radius 1 is 1.10 bits per heavy atom. The molecule has 0 atom stereocenters. The van der Waals surface area contributed by atoms with Crippen molar-refractivity contribution in [2.75, 3.05) is 11.9 Å². The molecule has 0 fully saturated rings. The predicted molar refractivity (Wildman–Crippen MR) is 118 cm³/mol. The first-order chi connectivity index (χ1) is 14.8. The second-order valence-electron chi connectivity index (χ2n) is 6.71. The Labute approximate surface area is 185 Å². The summed E-state index contributed by atoms with van der Waals surface area (Å²) in [5.74, 6) is 1.15. The topological polar surface area (TPSA) is 47.0 Å². The summed E-state index contributed by atoms with van der Waals surface area (Å²) in [6, 6.07) is 10.8. The van der Waals surface area contributed by atoms with Gasteiger partial charge in [-0.15, -0.1) is 11.3 Å². The first kappa shape index (κ1) is 21.4. The van der Waals surface area contributed by atoms with Crippen LogP contribution >= 0.6 is 22.9 Å². The maximum absolute atomic E-state index is 13.2. The molecule has 4 nitrogen and oxygen atoms in total. The Balaban J connectivity index is 1.82. The minimum atomic E-state index is -4.48. The molecule has 0 saturated carbocycles. The summed E-state index contributed by atoms with van der Waals surface area (Å²) in [5, 5.41) is 3.87. The van der Waals surface area contributed by atoms with Gasteiger partial charge in [0.1, 0.15) is 22.7 Å². The van der Waals surface area contributed by atoms with Crippen molar-refractivity contribution in [3.63, 3.8) is 0 Å². The summed E-state index contributed by atoms with van der Waals surface area (Å²) in [4.78, 5) is 10.4. The Bertz CT molecular complexity index is 1240. The van der Waals surface area contributed by atoms with E-state index in [1.54, 1.807) is 0 Å². The Morgan fingerprint density at radius 2 is 1.84 bits per heavy atom. The number of nitrogens with zero attached hydrogens (tertiary/aromatic N) is 2. The lowest BCUT2D eigenvalue weighted by atomic mass is 10.0. The molecule has 4 rings (SSSR count). The smallest absolute Gasteiger partial charge is 0.416 e. The van der Waals surface area contributed by atoms with Gasteiger partial charge in [0.15, 0.2) is 0 Å². The number of halogens is 4. The van der Waals surface area contributed by atoms with Crippen molar-refractivity contribution in [2.24, 2.45) is 0 Å². The van der Waals surface area contributed by atoms with E-state index in [2.05, 4.69) is 15.3 Å². The Morgan fingerprint density at radius 3 is 2.52 bits per heavy atom. The zero-order chi connectivity index (χ0) is 22.2. The molecule has 0 radical (unpaired) electrons. The van der Waals surface area contributed by atoms with Crippen molar-refractivity contribution in [1.29, 1.82) is 0 Å². The Hall–Kier alpha value is -2.84. The van der Waals surface area contributed by atoms with Gasteiger partial charge in [-0.2, -0.15) is 13.2 Å². The highest BCUT2D eigenvalue weighted by Gasteiger charge is 2.31. The molecule has 0 saturated heterocycles. The molecule has 0 amide bonds. The highest BCUT2D eigenvalue weighted by molar-refractivity contribution is 7.19. The summed E-state index contributed by atoms with van der Waals surface area (Å²) in [7, 11) is 0. The molecule has 0 bridgehead atoms. The molecule has 9 heteroatoms. The van der Waals surface area contributed by atoms with Crippen LogP contribution in [0.4, 0.5) is 24.7 Å². The van der Waals surface area contributed by atoms with Crippen molar-refractivity contribution < 1.29 is 17.9 Å². The zero-order valence-electron chi connectivity index (χ0n) is 16.5. The number of alkyl halides is 3. The lowest BCUT2D eigenvalue weighted by molar-refractivity contribution is -0.137. The number of hydrogen-bond donors (Lipinski definition) is 1. The quantitative estimate of drug-likeness (QED) is 0.333. The van der Waals surface area contributed by atoms with Gasteiger partial charge in [-0.1, -0.05) is 23.7 Å². The molecule has 0 spiro atoms. The van der Waals surface area contributed by atoms with E-state index in [1.165, 1.54) is 23.7 Å². The van der Waals surface area contributed by atoms with Gasteiger partial charge in [-0.25, -0.2) is 9.97 Å². The van der Waals surface area contributed by atoms with E-state index in [-0.39, 0.29) is 10.7 Å². The number of aryl methyl sites for hydroxylation is 1. The third-order valence-corrected chi connectivity index (χ3v) is 6.01. The van der Waals surface area contributed by atoms with Gasteiger partial charge >= 0.3 is 6.18 Å². The highest BCUT2D eigenvalue weighted by Crippen LogP contribution is 2.42. The van der Waals surface area contributed by atoms with Crippen LogP contribution in [-0.4, -0.2) is 16.6 Å². The van der Waals surface area contributed by atoms with Crippen molar-refractivity contribution in [1.82, 2.24) is 9.97 Å². The predicted octanol–water partition coefficient (Wildman–Crippen LogP) is 7.48. The van der Waals surface area contributed by atoms with Crippen molar-refractivity contribution in [2.45, 2.75) is 20.0 Å². The van der Waals surface area contributed by atoms with Crippen LogP contribution in [0.2, 0.25) is 5.02 Å². The van der Waals surface area contributed by atoms with E-state index >= 15 is 0 Å². The second-order valence-corrected chi connectivity index (χ2v) is 8.32. The fraction of sp³-hybridized carbons (Fsp3) is 0.182. The molecule has 31 heavy (non-hydrogen) atoms. The maximum Gasteiger partial charge on any atom is 0.416 e. The van der Waals surface area contributed by atoms with Crippen molar-refractivity contribution in [3.05, 3.63) is 64.3 Å². The minimum Gasteiger partial charge on any atom is -0.494 e. The van der Waals surface area contributed by atoms with Crippen LogP contribution in [0.5, 0.6) is 5.75 Å². The second kappa shape index (κ2) is 8.36. The number of rotatable bonds is 5. The summed E-state index contributed by atoms with van der Waals surface area (Å²) in [6.07, 6.45) is -3.10. The molecule has 0 aliphatic rings. The SMILES string of the molecule is CCOc1ccc(-c2c(C)sc3ncnc(Nc4cc(C(F)(F)F)ccc4Cl)c23)cc1. The number of thiophene rings is 1. The zero-order valence-corrected chi connectivity index (χ0v) is 18.1. The molecule has 0 unspecified atom stereocenters. The largest absolute Gasteiger partial charge is 0.494 e. The lowest BCUT2D eigenvalue weighted by Crippen LogP contribution is -2.06. The molecule has 2 aromatic heterocycles. The van der Waals surface area contributed by atoms with Crippen LogP contribution in [0.3, 0.4) is 0 Å². The van der Waals surface area contributed by atoms with Crippen molar-refractivity contribution >= 4 is 44.7 Å². The van der Waals surface area contributed by atoms with Gasteiger partial charge in [-0.3, -0.25) is 0 Å². The summed E-state index contributed by atoms with van der Waals surface area (Å²) < 4.78 is 45.0. The average molecular weight is 464 g/mol. The van der Waals surface area contributed by atoms with E-state index in [0.717, 1.165) is 44.1 Å². The Kier molecular flexibility index (Phi) is 5.77. The molecule has 4 aromatic rings. The molecule has 2 aromatic carbocycles. The van der Waals surface area contributed by atoms with Crippen LogP contribution < -0.4 is 10.1 Å². The standard InChI is InChI=1S/C22H17ClF3N3OS/c1-3-30-15-7-4-13(5-8-15)18-12(2)31-21-19(18)20(27-11-28-21)29-17-10-14(22(24,25)26)6-9-16(17)23/h4-11H,3H2,1-2H3,(H,27,28,29). The van der Waals surface area contributed by atoms with Gasteiger partial charge in [-0.05, 0) is 49.7 Å². The summed E-state index contributed by atoms with van der Waals surface area (Å²) in [5.41, 5.74) is 1.17. The number of fused-ring (bicyclic) bond motifs is 1. The van der Waals surface area contributed by atoms with Crippen molar-refractivity contribution in [3.8, 4) is 16.9 Å². The summed E-state index contributed by atoms with van der Waals surface area (Å²) >= 11 is 7.66. The van der Waals surface area contributed by atoms with Crippen LogP contribution in [0.15, 0.2) is 48.8 Å². The van der Waals surface area contributed by atoms with Crippen LogP contribution in [-0.2, 0) is 6.18 Å². The van der Waals surface area contributed by atoms with E-state index < -0.39 is 11.7 Å². The van der Waals surface area contributed by atoms with Gasteiger partial charge < -0.3 is 10.1 Å². The molecule has 0 aliphatic carbocycles. The number of aromatic nitrogens is 2. The average Bonchev–Trinajstić information content (AvgIpc) is 3.06. The fourth-order valence-corrected chi connectivity index (χ4v) is 4.47. The summed E-state index contributed by atoms with van der Waals surface area (Å²) in [6.45, 7) is 4.46. The van der Waals surface area contributed by atoms with Gasteiger partial charge in [0, 0.05) is 10.4 Å². The fourth-order valence-electron chi connectivity index (χ4n) is 3.30. The van der Waals surface area contributed by atoms with E-state index in [0.29, 0.717) is 12.4 Å². The molecule has 160 valence electrons. The molecule has 1 N–H and O–H groups in total. The van der Waals surface area contributed by atoms with Crippen LogP contribution in [0.25, 0.3) is 21.3 Å². The normalized spacial score (nSPS) is 11.7. The van der Waals surface area contributed by atoms with E-state index in [1.807, 2.05) is 38.1 Å². The lowest BCUT2D eigenvalue weighted by Gasteiger charge is -2.13.